The second-order valence-corrected chi connectivity index (χ2v) is 6.07. The molecule has 19 heavy (non-hydrogen) atoms. The van der Waals surface area contributed by atoms with Crippen molar-refractivity contribution in [2.45, 2.75) is 46.0 Å². The predicted octanol–water partition coefficient (Wildman–Crippen LogP) is 4.55. The van der Waals surface area contributed by atoms with Gasteiger partial charge in [0.05, 0.1) is 6.07 Å². The zero-order valence-electron chi connectivity index (χ0n) is 11.7. The number of hydrogen-bond acceptors (Lipinski definition) is 2. The van der Waals surface area contributed by atoms with Gasteiger partial charge in [0.2, 0.25) is 5.91 Å². The third-order valence-corrected chi connectivity index (χ3v) is 3.37. The molecule has 1 amide bonds. The number of carbonyl (C=O) groups excluding carboxylic acids is 1. The normalized spacial score (nSPS) is 10.6. The van der Waals surface area contributed by atoms with Gasteiger partial charge in [-0.1, -0.05) is 43.6 Å². The van der Waals surface area contributed by atoms with Gasteiger partial charge in [0, 0.05) is 10.2 Å². The molecular weight excluding hydrogens is 304 g/mol. The van der Waals surface area contributed by atoms with Crippen LogP contribution in [0.1, 0.15) is 57.1 Å². The van der Waals surface area contributed by atoms with Gasteiger partial charge in [-0.2, -0.15) is 5.26 Å². The number of halogens is 1. The number of carbonyl (C=O) groups is 1. The summed E-state index contributed by atoms with van der Waals surface area (Å²) in [6, 6.07) is 5.93. The first-order valence-corrected chi connectivity index (χ1v) is 7.16. The summed E-state index contributed by atoms with van der Waals surface area (Å²) in [5.41, 5.74) is 3.03. The van der Waals surface area contributed by atoms with Crippen molar-refractivity contribution in [1.82, 2.24) is 0 Å². The molecule has 0 saturated heterocycles. The Morgan fingerprint density at radius 1 is 1.26 bits per heavy atom. The van der Waals surface area contributed by atoms with Gasteiger partial charge in [0.1, 0.15) is 6.42 Å². The van der Waals surface area contributed by atoms with Gasteiger partial charge >= 0.3 is 0 Å². The Morgan fingerprint density at radius 2 is 1.74 bits per heavy atom. The number of nitriles is 1. The predicted molar refractivity (Wildman–Crippen MR) is 81.2 cm³/mol. The summed E-state index contributed by atoms with van der Waals surface area (Å²) in [6.45, 7) is 8.36. The van der Waals surface area contributed by atoms with Crippen LogP contribution in [-0.4, -0.2) is 5.91 Å². The van der Waals surface area contributed by atoms with Crippen molar-refractivity contribution in [3.8, 4) is 6.07 Å². The third-order valence-electron chi connectivity index (χ3n) is 2.91. The number of anilines is 1. The van der Waals surface area contributed by atoms with Crippen LogP contribution in [0, 0.1) is 11.3 Å². The average Bonchev–Trinajstić information content (AvgIpc) is 2.30. The van der Waals surface area contributed by atoms with Gasteiger partial charge in [-0.25, -0.2) is 0 Å². The monoisotopic (exact) mass is 322 g/mol. The molecule has 0 spiro atoms. The molecule has 1 aromatic rings. The zero-order valence-corrected chi connectivity index (χ0v) is 13.3. The fourth-order valence-corrected chi connectivity index (χ4v) is 2.45. The standard InChI is InChI=1S/C15H19BrN2O/c1-9(2)12-7-11(16)8-13(10(3)4)15(12)18-14(19)5-6-17/h7-10H,5H2,1-4H3,(H,18,19). The van der Waals surface area contributed by atoms with E-state index in [0.29, 0.717) is 11.8 Å². The van der Waals surface area contributed by atoms with Crippen LogP contribution in [0.25, 0.3) is 0 Å². The van der Waals surface area contributed by atoms with Crippen molar-refractivity contribution in [3.05, 3.63) is 27.7 Å². The van der Waals surface area contributed by atoms with Crippen LogP contribution in [0.3, 0.4) is 0 Å². The second kappa shape index (κ2) is 6.72. The molecule has 0 radical (unpaired) electrons. The molecule has 0 bridgehead atoms. The Morgan fingerprint density at radius 3 is 2.11 bits per heavy atom. The summed E-state index contributed by atoms with van der Waals surface area (Å²) in [5.74, 6) is 0.341. The van der Waals surface area contributed by atoms with E-state index in [4.69, 9.17) is 5.26 Å². The van der Waals surface area contributed by atoms with Gasteiger partial charge < -0.3 is 5.32 Å². The Balaban J connectivity index is 3.31. The molecule has 0 aromatic heterocycles. The quantitative estimate of drug-likeness (QED) is 0.884. The maximum absolute atomic E-state index is 11.7. The molecule has 1 rings (SSSR count). The van der Waals surface area contributed by atoms with Crippen LogP contribution in [0.2, 0.25) is 0 Å². The Labute approximate surface area is 123 Å². The summed E-state index contributed by atoms with van der Waals surface area (Å²) in [7, 11) is 0. The molecule has 1 N–H and O–H groups in total. The molecule has 3 nitrogen and oxygen atoms in total. The smallest absolute Gasteiger partial charge is 0.238 e. The van der Waals surface area contributed by atoms with Crippen LogP contribution in [-0.2, 0) is 4.79 Å². The minimum Gasteiger partial charge on any atom is -0.325 e. The van der Waals surface area contributed by atoms with E-state index >= 15 is 0 Å². The third kappa shape index (κ3) is 4.07. The minimum atomic E-state index is -0.256. The van der Waals surface area contributed by atoms with Crippen LogP contribution in [0.15, 0.2) is 16.6 Å². The first-order valence-electron chi connectivity index (χ1n) is 6.37. The first kappa shape index (κ1) is 15.7. The van der Waals surface area contributed by atoms with E-state index in [1.165, 1.54) is 0 Å². The van der Waals surface area contributed by atoms with Gasteiger partial charge in [0.25, 0.3) is 0 Å². The highest BCUT2D eigenvalue weighted by Crippen LogP contribution is 2.35. The van der Waals surface area contributed by atoms with E-state index in [9.17, 15) is 4.79 Å². The van der Waals surface area contributed by atoms with Crippen LogP contribution in [0.4, 0.5) is 5.69 Å². The van der Waals surface area contributed by atoms with Crippen LogP contribution >= 0.6 is 15.9 Å². The summed E-state index contributed by atoms with van der Waals surface area (Å²) in [5, 5.41) is 11.5. The van der Waals surface area contributed by atoms with Gasteiger partial charge in [-0.15, -0.1) is 0 Å². The van der Waals surface area contributed by atoms with E-state index in [1.807, 2.05) is 18.2 Å². The largest absolute Gasteiger partial charge is 0.325 e. The van der Waals surface area contributed by atoms with Gasteiger partial charge in [0.15, 0.2) is 0 Å². The highest BCUT2D eigenvalue weighted by molar-refractivity contribution is 9.10. The second-order valence-electron chi connectivity index (χ2n) is 5.15. The number of nitrogens with zero attached hydrogens (tertiary/aromatic N) is 1. The Kier molecular flexibility index (Phi) is 5.56. The number of hydrogen-bond donors (Lipinski definition) is 1. The molecule has 0 atom stereocenters. The van der Waals surface area contributed by atoms with Crippen molar-refractivity contribution in [1.29, 1.82) is 5.26 Å². The maximum atomic E-state index is 11.7. The molecular formula is C15H19BrN2O. The van der Waals surface area contributed by atoms with Gasteiger partial charge in [-0.3, -0.25) is 4.79 Å². The summed E-state index contributed by atoms with van der Waals surface area (Å²) in [4.78, 5) is 11.7. The highest BCUT2D eigenvalue weighted by atomic mass is 79.9. The molecule has 0 aliphatic rings. The highest BCUT2D eigenvalue weighted by Gasteiger charge is 2.17. The molecule has 0 aliphatic carbocycles. The van der Waals surface area contributed by atoms with E-state index in [-0.39, 0.29) is 12.3 Å². The molecule has 4 heteroatoms. The lowest BCUT2D eigenvalue weighted by atomic mass is 9.92. The molecule has 0 aliphatic heterocycles. The lowest BCUT2D eigenvalue weighted by Crippen LogP contribution is -2.15. The summed E-state index contributed by atoms with van der Waals surface area (Å²) < 4.78 is 1.01. The number of rotatable bonds is 4. The van der Waals surface area contributed by atoms with Crippen LogP contribution in [0.5, 0.6) is 0 Å². The van der Waals surface area contributed by atoms with Crippen molar-refractivity contribution in [2.24, 2.45) is 0 Å². The number of nitrogens with one attached hydrogen (secondary N) is 1. The lowest BCUT2D eigenvalue weighted by Gasteiger charge is -2.20. The van der Waals surface area contributed by atoms with E-state index in [0.717, 1.165) is 21.3 Å². The van der Waals surface area contributed by atoms with Crippen molar-refractivity contribution < 1.29 is 4.79 Å². The Bertz CT molecular complexity index is 486. The topological polar surface area (TPSA) is 52.9 Å². The molecule has 1 aromatic carbocycles. The Hall–Kier alpha value is -1.34. The molecule has 0 unspecified atom stereocenters. The summed E-state index contributed by atoms with van der Waals surface area (Å²) in [6.07, 6.45) is -0.120. The fraction of sp³-hybridized carbons (Fsp3) is 0.467. The van der Waals surface area contributed by atoms with E-state index < -0.39 is 0 Å². The SMILES string of the molecule is CC(C)c1cc(Br)cc(C(C)C)c1NC(=O)CC#N. The molecule has 0 fully saturated rings. The molecule has 0 saturated carbocycles. The molecule has 102 valence electrons. The van der Waals surface area contributed by atoms with Crippen LogP contribution < -0.4 is 5.32 Å². The van der Waals surface area contributed by atoms with Crippen molar-refractivity contribution in [2.75, 3.05) is 5.32 Å². The summed E-state index contributed by atoms with van der Waals surface area (Å²) >= 11 is 3.52. The fourth-order valence-electron chi connectivity index (χ4n) is 1.96. The maximum Gasteiger partial charge on any atom is 0.238 e. The van der Waals surface area contributed by atoms with Gasteiger partial charge in [-0.05, 0) is 35.1 Å². The van der Waals surface area contributed by atoms with Crippen molar-refractivity contribution in [3.63, 3.8) is 0 Å². The lowest BCUT2D eigenvalue weighted by molar-refractivity contribution is -0.115. The number of benzene rings is 1. The van der Waals surface area contributed by atoms with E-state index in [1.54, 1.807) is 0 Å². The average molecular weight is 323 g/mol. The minimum absolute atomic E-state index is 0.120. The zero-order chi connectivity index (χ0) is 14.6. The van der Waals surface area contributed by atoms with E-state index in [2.05, 4.69) is 48.9 Å². The molecule has 0 heterocycles. The van der Waals surface area contributed by atoms with Crippen molar-refractivity contribution >= 4 is 27.5 Å². The first-order chi connectivity index (χ1) is 8.86. The number of amides is 1.